The van der Waals surface area contributed by atoms with Crippen LogP contribution in [0.5, 0.6) is 0 Å². The first kappa shape index (κ1) is 26.1. The van der Waals surface area contributed by atoms with Gasteiger partial charge in [0.05, 0.1) is 28.7 Å². The van der Waals surface area contributed by atoms with Gasteiger partial charge in [-0.1, -0.05) is 6.92 Å². The van der Waals surface area contributed by atoms with E-state index in [9.17, 15) is 22.8 Å². The number of aromatic nitrogens is 7. The Morgan fingerprint density at radius 1 is 1.08 bits per heavy atom. The van der Waals surface area contributed by atoms with Crippen molar-refractivity contribution in [2.24, 2.45) is 14.1 Å². The quantitative estimate of drug-likeness (QED) is 0.315. The van der Waals surface area contributed by atoms with Gasteiger partial charge in [0.2, 0.25) is 0 Å². The van der Waals surface area contributed by atoms with Gasteiger partial charge in [0.25, 0.3) is 11.8 Å². The van der Waals surface area contributed by atoms with Crippen LogP contribution in [-0.4, -0.2) is 46.0 Å². The normalized spacial score (nSPS) is 11.7. The van der Waals surface area contributed by atoms with E-state index in [1.807, 2.05) is 13.0 Å². The van der Waals surface area contributed by atoms with E-state index in [0.717, 1.165) is 22.9 Å². The number of anilines is 1. The Kier molecular flexibility index (Phi) is 6.68. The van der Waals surface area contributed by atoms with Crippen molar-refractivity contribution >= 4 is 34.5 Å². The third kappa shape index (κ3) is 5.25. The molecule has 0 atom stereocenters. The molecule has 5 rings (SSSR count). The van der Waals surface area contributed by atoms with Gasteiger partial charge < -0.3 is 10.6 Å². The number of amides is 2. The van der Waals surface area contributed by atoms with Crippen molar-refractivity contribution in [2.75, 3.05) is 5.32 Å². The molecular formula is C24H22F3N9O2S. The van der Waals surface area contributed by atoms with Gasteiger partial charge in [0, 0.05) is 43.3 Å². The lowest BCUT2D eigenvalue weighted by atomic mass is 10.2. The zero-order valence-electron chi connectivity index (χ0n) is 20.9. The van der Waals surface area contributed by atoms with E-state index in [4.69, 9.17) is 0 Å². The van der Waals surface area contributed by atoms with Gasteiger partial charge in [0.15, 0.2) is 17.0 Å². The van der Waals surface area contributed by atoms with Crippen LogP contribution < -0.4 is 10.6 Å². The maximum Gasteiger partial charge on any atom is 0.433 e. The molecule has 0 aliphatic carbocycles. The van der Waals surface area contributed by atoms with Gasteiger partial charge >= 0.3 is 6.18 Å². The molecule has 11 nitrogen and oxygen atoms in total. The van der Waals surface area contributed by atoms with E-state index in [0.29, 0.717) is 9.39 Å². The van der Waals surface area contributed by atoms with Crippen molar-refractivity contribution in [2.45, 2.75) is 26.1 Å². The number of carbonyl (C=O) groups excluding carboxylic acids is 2. The van der Waals surface area contributed by atoms with Crippen LogP contribution in [0.15, 0.2) is 42.9 Å². The Morgan fingerprint density at radius 2 is 1.87 bits per heavy atom. The Labute approximate surface area is 223 Å². The molecule has 2 N–H and O–H groups in total. The second-order valence-electron chi connectivity index (χ2n) is 8.63. The van der Waals surface area contributed by atoms with E-state index < -0.39 is 23.7 Å². The number of nitrogens with one attached hydrogen (secondary N) is 2. The highest BCUT2D eigenvalue weighted by Crippen LogP contribution is 2.34. The molecule has 2 amide bonds. The maximum atomic E-state index is 13.9. The molecule has 5 heterocycles. The van der Waals surface area contributed by atoms with Crippen LogP contribution >= 0.6 is 11.3 Å². The molecule has 39 heavy (non-hydrogen) atoms. The minimum absolute atomic E-state index is 0.0526. The first-order valence-corrected chi connectivity index (χ1v) is 12.5. The molecule has 0 radical (unpaired) electrons. The van der Waals surface area contributed by atoms with Gasteiger partial charge in [0.1, 0.15) is 5.69 Å². The SMILES string of the molecule is CCc1ccc(-c2cc(C(F)(F)F)n3nc(C(=O)Nc4cnn(C)c4C(=O)NCc4cnn(C)c4)cc3n2)s1. The third-order valence-corrected chi connectivity index (χ3v) is 7.08. The summed E-state index contributed by atoms with van der Waals surface area (Å²) in [5.41, 5.74) is -0.496. The molecule has 0 aromatic carbocycles. The van der Waals surface area contributed by atoms with Gasteiger partial charge in [-0.3, -0.25) is 19.0 Å². The van der Waals surface area contributed by atoms with Gasteiger partial charge in [-0.25, -0.2) is 9.50 Å². The number of fused-ring (bicyclic) bond motifs is 1. The summed E-state index contributed by atoms with van der Waals surface area (Å²) in [5, 5.41) is 17.2. The fraction of sp³-hybridized carbons (Fsp3) is 0.250. The van der Waals surface area contributed by atoms with E-state index in [2.05, 4.69) is 30.9 Å². The minimum Gasteiger partial charge on any atom is -0.346 e. The second kappa shape index (κ2) is 9.98. The van der Waals surface area contributed by atoms with Crippen LogP contribution in [0.25, 0.3) is 16.2 Å². The summed E-state index contributed by atoms with van der Waals surface area (Å²) in [6.07, 6.45) is 0.612. The predicted octanol–water partition coefficient (Wildman–Crippen LogP) is 3.69. The Balaban J connectivity index is 1.43. The summed E-state index contributed by atoms with van der Waals surface area (Å²) in [7, 11) is 3.27. The van der Waals surface area contributed by atoms with Crippen LogP contribution in [0, 0.1) is 0 Å². The predicted molar refractivity (Wildman–Crippen MR) is 136 cm³/mol. The van der Waals surface area contributed by atoms with Gasteiger partial charge in [-0.2, -0.15) is 28.5 Å². The van der Waals surface area contributed by atoms with Crippen LogP contribution in [0.4, 0.5) is 18.9 Å². The van der Waals surface area contributed by atoms with Crippen molar-refractivity contribution in [3.05, 3.63) is 70.4 Å². The molecule has 0 aliphatic rings. The molecule has 0 bridgehead atoms. The molecule has 15 heteroatoms. The first-order chi connectivity index (χ1) is 18.5. The molecule has 0 unspecified atom stereocenters. The summed E-state index contributed by atoms with van der Waals surface area (Å²) in [6.45, 7) is 2.14. The molecular weight excluding hydrogens is 535 g/mol. The fourth-order valence-corrected chi connectivity index (χ4v) is 4.84. The molecule has 202 valence electrons. The minimum atomic E-state index is -4.75. The average molecular weight is 558 g/mol. The number of alkyl halides is 3. The average Bonchev–Trinajstić information content (AvgIpc) is 3.68. The van der Waals surface area contributed by atoms with Crippen molar-refractivity contribution < 1.29 is 22.8 Å². The van der Waals surface area contributed by atoms with Crippen LogP contribution in [0.3, 0.4) is 0 Å². The van der Waals surface area contributed by atoms with Crippen molar-refractivity contribution in [3.8, 4) is 10.6 Å². The number of hydrogen-bond donors (Lipinski definition) is 2. The standard InChI is InChI=1S/C24H22F3N9O2S/c1-4-14-5-6-18(39-14)15-7-19(24(25,26)27)36-20(31-15)8-16(33-36)22(37)32-17-11-30-35(3)21(17)23(38)28-9-13-10-29-34(2)12-13/h5-8,10-12H,4,9H2,1-3H3,(H,28,38)(H,32,37). The molecule has 0 spiro atoms. The summed E-state index contributed by atoms with van der Waals surface area (Å²) >= 11 is 1.35. The Bertz CT molecular complexity index is 1700. The van der Waals surface area contributed by atoms with Gasteiger partial charge in [-0.15, -0.1) is 11.3 Å². The zero-order valence-corrected chi connectivity index (χ0v) is 21.8. The summed E-state index contributed by atoms with van der Waals surface area (Å²) < 4.78 is 45.3. The van der Waals surface area contributed by atoms with E-state index in [1.165, 1.54) is 35.3 Å². The number of carbonyl (C=O) groups is 2. The van der Waals surface area contributed by atoms with Crippen LogP contribution in [-0.2, 0) is 33.2 Å². The topological polar surface area (TPSA) is 124 Å². The monoisotopic (exact) mass is 557 g/mol. The summed E-state index contributed by atoms with van der Waals surface area (Å²) in [6, 6.07) is 5.64. The van der Waals surface area contributed by atoms with E-state index in [-0.39, 0.29) is 35.0 Å². The lowest BCUT2D eigenvalue weighted by Crippen LogP contribution is -2.26. The number of halogens is 3. The first-order valence-electron chi connectivity index (χ1n) is 11.7. The van der Waals surface area contributed by atoms with E-state index in [1.54, 1.807) is 30.2 Å². The fourth-order valence-electron chi connectivity index (χ4n) is 3.93. The Morgan fingerprint density at radius 3 is 2.54 bits per heavy atom. The largest absolute Gasteiger partial charge is 0.433 e. The highest BCUT2D eigenvalue weighted by molar-refractivity contribution is 7.15. The Hall–Kier alpha value is -4.53. The van der Waals surface area contributed by atoms with Crippen LogP contribution in [0.1, 0.15) is 44.0 Å². The van der Waals surface area contributed by atoms with Crippen molar-refractivity contribution in [3.63, 3.8) is 0 Å². The highest BCUT2D eigenvalue weighted by atomic mass is 32.1. The number of aryl methyl sites for hydroxylation is 3. The number of thiophene rings is 1. The second-order valence-corrected chi connectivity index (χ2v) is 9.80. The molecule has 0 aliphatic heterocycles. The number of hydrogen-bond acceptors (Lipinski definition) is 7. The molecule has 0 saturated heterocycles. The zero-order chi connectivity index (χ0) is 27.9. The van der Waals surface area contributed by atoms with Crippen LogP contribution in [0.2, 0.25) is 0 Å². The smallest absolute Gasteiger partial charge is 0.346 e. The summed E-state index contributed by atoms with van der Waals surface area (Å²) in [5.74, 6) is -1.34. The van der Waals surface area contributed by atoms with Gasteiger partial charge in [-0.05, 0) is 24.6 Å². The number of rotatable bonds is 7. The third-order valence-electron chi connectivity index (χ3n) is 5.83. The van der Waals surface area contributed by atoms with E-state index >= 15 is 0 Å². The molecule has 0 fully saturated rings. The summed E-state index contributed by atoms with van der Waals surface area (Å²) in [4.78, 5) is 31.8. The highest BCUT2D eigenvalue weighted by Gasteiger charge is 2.36. The lowest BCUT2D eigenvalue weighted by Gasteiger charge is -2.10. The lowest BCUT2D eigenvalue weighted by molar-refractivity contribution is -0.142. The molecule has 0 saturated carbocycles. The molecule has 5 aromatic heterocycles. The number of nitrogens with zero attached hydrogens (tertiary/aromatic N) is 7. The van der Waals surface area contributed by atoms with Crippen molar-refractivity contribution in [1.82, 2.24) is 39.5 Å². The van der Waals surface area contributed by atoms with Crippen molar-refractivity contribution in [1.29, 1.82) is 0 Å². The maximum absolute atomic E-state index is 13.9. The molecule has 5 aromatic rings.